The van der Waals surface area contributed by atoms with E-state index in [1.807, 2.05) is 47.4 Å². The molecule has 0 aliphatic carbocycles. The van der Waals surface area contributed by atoms with Crippen LogP contribution in [0.5, 0.6) is 11.5 Å². The zero-order chi connectivity index (χ0) is 20.4. The predicted octanol–water partition coefficient (Wildman–Crippen LogP) is 3.72. The van der Waals surface area contributed by atoms with Crippen LogP contribution in [0.4, 0.5) is 0 Å². The molecule has 1 aliphatic rings. The van der Waals surface area contributed by atoms with Crippen molar-refractivity contribution < 1.29 is 18.7 Å². The fourth-order valence-electron chi connectivity index (χ4n) is 3.79. The summed E-state index contributed by atoms with van der Waals surface area (Å²) in [4.78, 5) is 17.1. The Morgan fingerprint density at radius 2 is 1.69 bits per heavy atom. The average molecular weight is 394 g/mol. The van der Waals surface area contributed by atoms with Gasteiger partial charge in [-0.1, -0.05) is 18.2 Å². The van der Waals surface area contributed by atoms with E-state index in [2.05, 4.69) is 11.8 Å². The highest BCUT2D eigenvalue weighted by molar-refractivity contribution is 5.96. The zero-order valence-electron chi connectivity index (χ0n) is 17.1. The summed E-state index contributed by atoms with van der Waals surface area (Å²) in [6.07, 6.45) is 0. The van der Waals surface area contributed by atoms with Gasteiger partial charge in [-0.05, 0) is 42.3 Å². The molecule has 0 N–H and O–H groups in total. The number of hydrogen-bond acceptors (Lipinski definition) is 5. The van der Waals surface area contributed by atoms with E-state index in [9.17, 15) is 4.79 Å². The molecular weight excluding hydrogens is 368 g/mol. The molecule has 2 aromatic carbocycles. The summed E-state index contributed by atoms with van der Waals surface area (Å²) in [5.41, 5.74) is 3.13. The van der Waals surface area contributed by atoms with Gasteiger partial charge in [-0.3, -0.25) is 9.69 Å². The molecule has 6 heteroatoms. The van der Waals surface area contributed by atoms with E-state index in [0.717, 1.165) is 42.1 Å². The monoisotopic (exact) mass is 394 g/mol. The predicted molar refractivity (Wildman–Crippen MR) is 112 cm³/mol. The minimum absolute atomic E-state index is 0.0388. The number of aryl methyl sites for hydroxylation is 1. The molecule has 0 saturated carbocycles. The molecule has 6 nitrogen and oxygen atoms in total. The van der Waals surface area contributed by atoms with E-state index in [1.165, 1.54) is 11.1 Å². The summed E-state index contributed by atoms with van der Waals surface area (Å²) in [7, 11) is 3.30. The van der Waals surface area contributed by atoms with Crippen molar-refractivity contribution >= 4 is 16.9 Å². The van der Waals surface area contributed by atoms with Crippen molar-refractivity contribution in [2.45, 2.75) is 13.5 Å². The zero-order valence-corrected chi connectivity index (χ0v) is 17.1. The number of benzene rings is 2. The van der Waals surface area contributed by atoms with Gasteiger partial charge in [0.2, 0.25) is 0 Å². The maximum absolute atomic E-state index is 12.8. The topological polar surface area (TPSA) is 55.2 Å². The van der Waals surface area contributed by atoms with E-state index in [4.69, 9.17) is 13.9 Å². The molecule has 152 valence electrons. The number of ether oxygens (including phenoxy) is 2. The van der Waals surface area contributed by atoms with Gasteiger partial charge in [0.25, 0.3) is 5.91 Å². The van der Waals surface area contributed by atoms with Crippen LogP contribution in [0.25, 0.3) is 11.0 Å². The van der Waals surface area contributed by atoms with Crippen molar-refractivity contribution in [1.29, 1.82) is 0 Å². The summed E-state index contributed by atoms with van der Waals surface area (Å²) in [6, 6.07) is 13.6. The second kappa shape index (κ2) is 8.17. The standard InChI is InChI=1S/C23H26N2O4/c1-16-12-20(27-2)21(28-3)14-18(16)15-24-8-10-25(11-9-24)23(26)22-13-17-6-4-5-7-19(17)29-22/h4-7,12-14H,8-11,15H2,1-3H3. The number of nitrogens with zero attached hydrogens (tertiary/aromatic N) is 2. The SMILES string of the molecule is COc1cc(C)c(CN2CCN(C(=O)c3cc4ccccc4o3)CC2)cc1OC. The molecular formula is C23H26N2O4. The van der Waals surface area contributed by atoms with Crippen molar-refractivity contribution in [2.24, 2.45) is 0 Å². The van der Waals surface area contributed by atoms with E-state index in [1.54, 1.807) is 14.2 Å². The molecule has 1 fully saturated rings. The minimum atomic E-state index is -0.0388. The van der Waals surface area contributed by atoms with Gasteiger partial charge in [-0.2, -0.15) is 0 Å². The van der Waals surface area contributed by atoms with Gasteiger partial charge in [-0.25, -0.2) is 0 Å². The third-order valence-electron chi connectivity index (χ3n) is 5.53. The molecule has 0 bridgehead atoms. The molecule has 0 unspecified atom stereocenters. The van der Waals surface area contributed by atoms with Crippen molar-refractivity contribution in [2.75, 3.05) is 40.4 Å². The number of furan rings is 1. The molecule has 4 rings (SSSR count). The van der Waals surface area contributed by atoms with Crippen LogP contribution >= 0.6 is 0 Å². The van der Waals surface area contributed by atoms with Gasteiger partial charge in [0.1, 0.15) is 5.58 Å². The van der Waals surface area contributed by atoms with Gasteiger partial charge < -0.3 is 18.8 Å². The van der Waals surface area contributed by atoms with Crippen molar-refractivity contribution in [1.82, 2.24) is 9.80 Å². The van der Waals surface area contributed by atoms with Gasteiger partial charge in [0, 0.05) is 38.1 Å². The molecule has 1 saturated heterocycles. The van der Waals surface area contributed by atoms with E-state index >= 15 is 0 Å². The maximum atomic E-state index is 12.8. The summed E-state index contributed by atoms with van der Waals surface area (Å²) in [5.74, 6) is 1.86. The highest BCUT2D eigenvalue weighted by Gasteiger charge is 2.25. The molecule has 29 heavy (non-hydrogen) atoms. The lowest BCUT2D eigenvalue weighted by atomic mass is 10.1. The third-order valence-corrected chi connectivity index (χ3v) is 5.53. The molecule has 0 radical (unpaired) electrons. The Bertz CT molecular complexity index is 986. The van der Waals surface area contributed by atoms with Crippen LogP contribution in [0.15, 0.2) is 46.9 Å². The first kappa shape index (κ1) is 19.3. The van der Waals surface area contributed by atoms with Crippen LogP contribution < -0.4 is 9.47 Å². The quantitative estimate of drug-likeness (QED) is 0.660. The Morgan fingerprint density at radius 1 is 1.00 bits per heavy atom. The lowest BCUT2D eigenvalue weighted by molar-refractivity contribution is 0.0599. The Labute approximate surface area is 170 Å². The smallest absolute Gasteiger partial charge is 0.289 e. The molecule has 0 spiro atoms. The molecule has 2 heterocycles. The number of fused-ring (bicyclic) bond motifs is 1. The van der Waals surface area contributed by atoms with Gasteiger partial charge in [-0.15, -0.1) is 0 Å². The van der Waals surface area contributed by atoms with E-state index < -0.39 is 0 Å². The van der Waals surface area contributed by atoms with Crippen LogP contribution in [0.2, 0.25) is 0 Å². The average Bonchev–Trinajstić information content (AvgIpc) is 3.19. The minimum Gasteiger partial charge on any atom is -0.493 e. The summed E-state index contributed by atoms with van der Waals surface area (Å²) >= 11 is 0. The van der Waals surface area contributed by atoms with Crippen LogP contribution in [-0.2, 0) is 6.54 Å². The van der Waals surface area contributed by atoms with Crippen LogP contribution in [0.3, 0.4) is 0 Å². The number of rotatable bonds is 5. The lowest BCUT2D eigenvalue weighted by Gasteiger charge is -2.34. The summed E-state index contributed by atoms with van der Waals surface area (Å²) in [6.45, 7) is 5.90. The first-order valence-electron chi connectivity index (χ1n) is 9.80. The molecule has 0 atom stereocenters. The largest absolute Gasteiger partial charge is 0.493 e. The Kier molecular flexibility index (Phi) is 5.45. The third kappa shape index (κ3) is 3.93. The first-order valence-corrected chi connectivity index (χ1v) is 9.80. The van der Waals surface area contributed by atoms with Gasteiger partial charge >= 0.3 is 0 Å². The van der Waals surface area contributed by atoms with Crippen molar-refractivity contribution in [3.8, 4) is 11.5 Å². The number of amides is 1. The maximum Gasteiger partial charge on any atom is 0.289 e. The van der Waals surface area contributed by atoms with Crippen LogP contribution in [0.1, 0.15) is 21.7 Å². The van der Waals surface area contributed by atoms with E-state index in [-0.39, 0.29) is 5.91 Å². The fourth-order valence-corrected chi connectivity index (χ4v) is 3.79. The van der Waals surface area contributed by atoms with Crippen molar-refractivity contribution in [3.05, 3.63) is 59.4 Å². The highest BCUT2D eigenvalue weighted by atomic mass is 16.5. The Morgan fingerprint density at radius 3 is 2.38 bits per heavy atom. The number of methoxy groups -OCH3 is 2. The second-order valence-electron chi connectivity index (χ2n) is 7.35. The number of piperazine rings is 1. The van der Waals surface area contributed by atoms with Gasteiger partial charge in [0.05, 0.1) is 14.2 Å². The van der Waals surface area contributed by atoms with Crippen molar-refractivity contribution in [3.63, 3.8) is 0 Å². The van der Waals surface area contributed by atoms with Crippen LogP contribution in [0, 0.1) is 6.92 Å². The van der Waals surface area contributed by atoms with E-state index in [0.29, 0.717) is 18.8 Å². The molecule has 1 aliphatic heterocycles. The van der Waals surface area contributed by atoms with Crippen LogP contribution in [-0.4, -0.2) is 56.1 Å². The number of carbonyl (C=O) groups excluding carboxylic acids is 1. The highest BCUT2D eigenvalue weighted by Crippen LogP contribution is 2.31. The first-order chi connectivity index (χ1) is 14.1. The molecule has 3 aromatic rings. The number of carbonyl (C=O) groups is 1. The second-order valence-corrected chi connectivity index (χ2v) is 7.35. The summed E-state index contributed by atoms with van der Waals surface area (Å²) < 4.78 is 16.5. The molecule has 1 amide bonds. The number of para-hydroxylation sites is 1. The molecule has 1 aromatic heterocycles. The Balaban J connectivity index is 1.40. The van der Waals surface area contributed by atoms with Gasteiger partial charge in [0.15, 0.2) is 17.3 Å². The lowest BCUT2D eigenvalue weighted by Crippen LogP contribution is -2.48. The Hall–Kier alpha value is -2.99. The summed E-state index contributed by atoms with van der Waals surface area (Å²) in [5, 5.41) is 0.957. The normalized spacial score (nSPS) is 14.9. The fraction of sp³-hybridized carbons (Fsp3) is 0.348. The number of hydrogen-bond donors (Lipinski definition) is 0.